The molecule has 0 aromatic heterocycles. The van der Waals surface area contributed by atoms with Crippen LogP contribution >= 0.6 is 0 Å². The molecule has 21 heavy (non-hydrogen) atoms. The number of hydrogen-bond acceptors (Lipinski definition) is 3. The number of rotatable bonds is 4. The fourth-order valence-electron chi connectivity index (χ4n) is 2.51. The van der Waals surface area contributed by atoms with E-state index in [-0.39, 0.29) is 11.9 Å². The van der Waals surface area contributed by atoms with E-state index < -0.39 is 0 Å². The maximum atomic E-state index is 11.7. The Morgan fingerprint density at radius 1 is 1.33 bits per heavy atom. The molecule has 0 radical (unpaired) electrons. The highest BCUT2D eigenvalue weighted by atomic mass is 16.7. The highest BCUT2D eigenvalue weighted by Gasteiger charge is 2.27. The average Bonchev–Trinajstić information content (AvgIpc) is 2.47. The number of benzene rings is 1. The molecule has 1 aromatic rings. The normalized spacial score (nSPS) is 19.6. The van der Waals surface area contributed by atoms with Crippen molar-refractivity contribution in [1.82, 2.24) is 9.96 Å². The van der Waals surface area contributed by atoms with E-state index in [2.05, 4.69) is 32.6 Å². The third kappa shape index (κ3) is 3.85. The lowest BCUT2D eigenvalue weighted by molar-refractivity contribution is -0.141. The van der Waals surface area contributed by atoms with Gasteiger partial charge in [-0.05, 0) is 36.6 Å². The molecule has 0 aliphatic carbocycles. The van der Waals surface area contributed by atoms with Gasteiger partial charge in [-0.1, -0.05) is 32.6 Å². The second kappa shape index (κ2) is 6.76. The molecule has 0 unspecified atom stereocenters. The van der Waals surface area contributed by atoms with Gasteiger partial charge in [0.05, 0.1) is 13.1 Å². The van der Waals surface area contributed by atoms with Gasteiger partial charge < -0.3 is 9.74 Å². The van der Waals surface area contributed by atoms with E-state index in [1.165, 1.54) is 11.6 Å². The first-order chi connectivity index (χ1) is 10.0. The van der Waals surface area contributed by atoms with Gasteiger partial charge in [0.15, 0.2) is 0 Å². The summed E-state index contributed by atoms with van der Waals surface area (Å²) in [6.45, 7) is 12.0. The van der Waals surface area contributed by atoms with Gasteiger partial charge in [0.2, 0.25) is 5.91 Å². The van der Waals surface area contributed by atoms with E-state index in [9.17, 15) is 4.79 Å². The molecule has 0 spiro atoms. The molecule has 1 fully saturated rings. The molecule has 1 aliphatic heterocycles. The van der Waals surface area contributed by atoms with Crippen molar-refractivity contribution >= 4 is 5.91 Å². The second-order valence-electron chi connectivity index (χ2n) is 5.79. The summed E-state index contributed by atoms with van der Waals surface area (Å²) in [5.41, 5.74) is 1.30. The van der Waals surface area contributed by atoms with Crippen molar-refractivity contribution in [1.29, 1.82) is 0 Å². The van der Waals surface area contributed by atoms with E-state index in [4.69, 9.17) is 4.84 Å². The number of amides is 1. The Bertz CT molecular complexity index is 496. The zero-order valence-corrected chi connectivity index (χ0v) is 13.1. The molecular weight excluding hydrogens is 264 g/mol. The molecule has 1 saturated heterocycles. The van der Waals surface area contributed by atoms with Gasteiger partial charge in [-0.25, -0.2) is 0 Å². The Labute approximate surface area is 126 Å². The third-order valence-corrected chi connectivity index (χ3v) is 3.83. The molecular formula is C17H24N2O2. The molecule has 4 nitrogen and oxygen atoms in total. The van der Waals surface area contributed by atoms with Crippen molar-refractivity contribution in [3.63, 3.8) is 0 Å². The van der Waals surface area contributed by atoms with Gasteiger partial charge in [-0.15, -0.1) is 5.06 Å². The molecule has 114 valence electrons. The average molecular weight is 288 g/mol. The predicted octanol–water partition coefficient (Wildman–Crippen LogP) is 2.82. The molecule has 1 aliphatic rings. The monoisotopic (exact) mass is 288 g/mol. The van der Waals surface area contributed by atoms with Crippen LogP contribution in [0.3, 0.4) is 0 Å². The molecule has 1 atom stereocenters. The minimum atomic E-state index is -0.0107. The summed E-state index contributed by atoms with van der Waals surface area (Å²) in [5.74, 6) is 1.35. The molecule has 1 aromatic carbocycles. The first-order valence-electron chi connectivity index (χ1n) is 7.47. The van der Waals surface area contributed by atoms with Crippen molar-refractivity contribution in [2.45, 2.75) is 32.7 Å². The van der Waals surface area contributed by atoms with Crippen LogP contribution in [0.5, 0.6) is 5.75 Å². The number of piperazine rings is 1. The van der Waals surface area contributed by atoms with E-state index in [1.54, 1.807) is 0 Å². The fraction of sp³-hybridized carbons (Fsp3) is 0.471. The highest BCUT2D eigenvalue weighted by Crippen LogP contribution is 2.20. The molecule has 1 heterocycles. The summed E-state index contributed by atoms with van der Waals surface area (Å²) < 4.78 is 0. The van der Waals surface area contributed by atoms with E-state index in [1.807, 2.05) is 29.0 Å². The molecule has 2 rings (SSSR count). The number of carbonyl (C=O) groups excluding carboxylic acids is 1. The summed E-state index contributed by atoms with van der Waals surface area (Å²) in [5, 5.41) is 1.92. The predicted molar refractivity (Wildman–Crippen MR) is 84.1 cm³/mol. The van der Waals surface area contributed by atoms with Crippen molar-refractivity contribution in [3.05, 3.63) is 42.5 Å². The van der Waals surface area contributed by atoms with Crippen LogP contribution in [-0.2, 0) is 4.79 Å². The minimum Gasteiger partial charge on any atom is -0.406 e. The standard InChI is InChI=1S/C17H24N2O2/c1-5-17(20)19-11-10-18(12-14(19)4)21-16-8-6-15(7-9-16)13(2)3/h5-9,13-14H,1,10-12H2,2-4H3/t14-/m1/s1. The number of carbonyl (C=O) groups is 1. The Balaban J connectivity index is 1.93. The third-order valence-electron chi connectivity index (χ3n) is 3.83. The Hall–Kier alpha value is -1.81. The SMILES string of the molecule is C=CC(=O)N1CCN(Oc2ccc(C(C)C)cc2)C[C@H]1C. The van der Waals surface area contributed by atoms with Gasteiger partial charge in [-0.3, -0.25) is 4.79 Å². The van der Waals surface area contributed by atoms with Crippen LogP contribution in [0.2, 0.25) is 0 Å². The lowest BCUT2D eigenvalue weighted by Crippen LogP contribution is -2.54. The summed E-state index contributed by atoms with van der Waals surface area (Å²) in [6, 6.07) is 8.32. The topological polar surface area (TPSA) is 32.8 Å². The highest BCUT2D eigenvalue weighted by molar-refractivity contribution is 5.87. The number of hydroxylamine groups is 2. The lowest BCUT2D eigenvalue weighted by Gasteiger charge is -2.38. The van der Waals surface area contributed by atoms with E-state index in [0.717, 1.165) is 5.75 Å². The largest absolute Gasteiger partial charge is 0.406 e. The van der Waals surface area contributed by atoms with Gasteiger partial charge in [0.25, 0.3) is 0 Å². The van der Waals surface area contributed by atoms with Crippen molar-refractivity contribution < 1.29 is 9.63 Å². The summed E-state index contributed by atoms with van der Waals surface area (Å²) in [7, 11) is 0. The Morgan fingerprint density at radius 3 is 2.52 bits per heavy atom. The first-order valence-corrected chi connectivity index (χ1v) is 7.47. The molecule has 0 N–H and O–H groups in total. The maximum Gasteiger partial charge on any atom is 0.246 e. The van der Waals surface area contributed by atoms with Gasteiger partial charge in [-0.2, -0.15) is 0 Å². The Morgan fingerprint density at radius 2 is 2.00 bits per heavy atom. The fourth-order valence-corrected chi connectivity index (χ4v) is 2.51. The van der Waals surface area contributed by atoms with Crippen LogP contribution in [0.4, 0.5) is 0 Å². The zero-order valence-electron chi connectivity index (χ0n) is 13.1. The lowest BCUT2D eigenvalue weighted by atomic mass is 10.0. The van der Waals surface area contributed by atoms with E-state index >= 15 is 0 Å². The minimum absolute atomic E-state index is 0.0107. The summed E-state index contributed by atoms with van der Waals surface area (Å²) in [4.78, 5) is 19.4. The smallest absolute Gasteiger partial charge is 0.246 e. The summed E-state index contributed by atoms with van der Waals surface area (Å²) >= 11 is 0. The van der Waals surface area contributed by atoms with Crippen LogP contribution in [0.25, 0.3) is 0 Å². The van der Waals surface area contributed by atoms with Crippen molar-refractivity contribution in [2.24, 2.45) is 0 Å². The molecule has 1 amide bonds. The van der Waals surface area contributed by atoms with Gasteiger partial charge >= 0.3 is 0 Å². The molecule has 0 saturated carbocycles. The molecule has 4 heteroatoms. The van der Waals surface area contributed by atoms with E-state index in [0.29, 0.717) is 25.6 Å². The number of nitrogens with zero attached hydrogens (tertiary/aromatic N) is 2. The summed E-state index contributed by atoms with van der Waals surface area (Å²) in [6.07, 6.45) is 1.37. The van der Waals surface area contributed by atoms with Gasteiger partial charge in [0.1, 0.15) is 5.75 Å². The first kappa shape index (κ1) is 15.6. The van der Waals surface area contributed by atoms with Crippen LogP contribution in [0.1, 0.15) is 32.3 Å². The maximum absolute atomic E-state index is 11.7. The van der Waals surface area contributed by atoms with Gasteiger partial charge in [0, 0.05) is 12.6 Å². The molecule has 0 bridgehead atoms. The van der Waals surface area contributed by atoms with Crippen LogP contribution in [-0.4, -0.2) is 41.5 Å². The zero-order chi connectivity index (χ0) is 15.4. The van der Waals surface area contributed by atoms with Crippen LogP contribution < -0.4 is 4.84 Å². The van der Waals surface area contributed by atoms with Crippen molar-refractivity contribution in [3.8, 4) is 5.75 Å². The quantitative estimate of drug-likeness (QED) is 0.799. The number of hydrogen-bond donors (Lipinski definition) is 0. The van der Waals surface area contributed by atoms with Crippen molar-refractivity contribution in [2.75, 3.05) is 19.6 Å². The van der Waals surface area contributed by atoms with Crippen LogP contribution in [0.15, 0.2) is 36.9 Å². The second-order valence-corrected chi connectivity index (χ2v) is 5.79. The van der Waals surface area contributed by atoms with Crippen LogP contribution in [0, 0.1) is 0 Å². The Kier molecular flexibility index (Phi) is 5.02.